The molecule has 0 fully saturated rings. The van der Waals surface area contributed by atoms with E-state index in [1.54, 1.807) is 19.4 Å². The largest absolute Gasteiger partial charge is 0.496 e. The summed E-state index contributed by atoms with van der Waals surface area (Å²) in [4.78, 5) is 11.9. The molecule has 0 N–H and O–H groups in total. The highest BCUT2D eigenvalue weighted by atomic mass is 16.5. The van der Waals surface area contributed by atoms with Crippen LogP contribution < -0.4 is 10.3 Å². The van der Waals surface area contributed by atoms with Crippen LogP contribution in [0.4, 0.5) is 0 Å². The topological polar surface area (TPSA) is 55.0 Å². The van der Waals surface area contributed by atoms with Crippen molar-refractivity contribution in [3.8, 4) is 11.8 Å². The first kappa shape index (κ1) is 11.9. The number of benzene rings is 1. The zero-order valence-corrected chi connectivity index (χ0v) is 9.96. The fourth-order valence-corrected chi connectivity index (χ4v) is 1.76. The molecular formula is C14H12N2O2. The zero-order valence-electron chi connectivity index (χ0n) is 9.96. The molecule has 0 radical (unpaired) electrons. The van der Waals surface area contributed by atoms with Crippen LogP contribution in [0.2, 0.25) is 0 Å². The number of methoxy groups -OCH3 is 1. The number of pyridine rings is 1. The number of aromatic nitrogens is 1. The maximum atomic E-state index is 11.9. The van der Waals surface area contributed by atoms with Gasteiger partial charge in [-0.3, -0.25) is 4.79 Å². The minimum Gasteiger partial charge on any atom is -0.496 e. The van der Waals surface area contributed by atoms with Crippen LogP contribution in [0.15, 0.2) is 47.4 Å². The summed E-state index contributed by atoms with van der Waals surface area (Å²) in [5, 5.41) is 8.82. The molecular weight excluding hydrogens is 228 g/mol. The quantitative estimate of drug-likeness (QED) is 0.821. The Morgan fingerprint density at radius 2 is 2.06 bits per heavy atom. The van der Waals surface area contributed by atoms with Crippen LogP contribution in [0.25, 0.3) is 0 Å². The van der Waals surface area contributed by atoms with Gasteiger partial charge >= 0.3 is 0 Å². The molecule has 90 valence electrons. The lowest BCUT2D eigenvalue weighted by atomic mass is 10.2. The first-order chi connectivity index (χ1) is 8.76. The van der Waals surface area contributed by atoms with Gasteiger partial charge in [-0.05, 0) is 18.2 Å². The molecule has 0 aliphatic carbocycles. The van der Waals surface area contributed by atoms with Gasteiger partial charge in [0, 0.05) is 11.8 Å². The minimum atomic E-state index is -0.286. The predicted octanol–water partition coefficient (Wildman–Crippen LogP) is 1.78. The number of ether oxygens (including phenoxy) is 1. The summed E-state index contributed by atoms with van der Waals surface area (Å²) in [5.74, 6) is 0.728. The van der Waals surface area contributed by atoms with Crippen molar-refractivity contribution in [1.29, 1.82) is 5.26 Å². The van der Waals surface area contributed by atoms with Crippen molar-refractivity contribution in [2.75, 3.05) is 7.11 Å². The van der Waals surface area contributed by atoms with Crippen LogP contribution in [0.5, 0.6) is 5.75 Å². The molecule has 4 heteroatoms. The SMILES string of the molecule is COc1ccccc1Cn1cccc(C#N)c1=O. The van der Waals surface area contributed by atoms with E-state index >= 15 is 0 Å². The van der Waals surface area contributed by atoms with Crippen LogP contribution in [-0.4, -0.2) is 11.7 Å². The first-order valence-corrected chi connectivity index (χ1v) is 5.47. The molecule has 2 aromatic rings. The number of nitriles is 1. The predicted molar refractivity (Wildman–Crippen MR) is 67.5 cm³/mol. The molecule has 0 atom stereocenters. The normalized spacial score (nSPS) is 9.78. The molecule has 1 heterocycles. The van der Waals surface area contributed by atoms with E-state index in [1.807, 2.05) is 30.3 Å². The monoisotopic (exact) mass is 240 g/mol. The second-order valence-electron chi connectivity index (χ2n) is 3.78. The Labute approximate surface area is 105 Å². The van der Waals surface area contributed by atoms with E-state index in [9.17, 15) is 4.79 Å². The Kier molecular flexibility index (Phi) is 3.44. The Hall–Kier alpha value is -2.54. The summed E-state index contributed by atoms with van der Waals surface area (Å²) < 4.78 is 6.73. The van der Waals surface area contributed by atoms with E-state index in [0.29, 0.717) is 6.54 Å². The van der Waals surface area contributed by atoms with Crippen molar-refractivity contribution in [3.63, 3.8) is 0 Å². The number of rotatable bonds is 3. The van der Waals surface area contributed by atoms with Crippen LogP contribution in [0, 0.1) is 11.3 Å². The molecule has 0 aliphatic heterocycles. The van der Waals surface area contributed by atoms with Gasteiger partial charge in [0.15, 0.2) is 0 Å². The molecule has 1 aromatic carbocycles. The van der Waals surface area contributed by atoms with Crippen LogP contribution >= 0.6 is 0 Å². The van der Waals surface area contributed by atoms with Crippen molar-refractivity contribution in [2.45, 2.75) is 6.54 Å². The Balaban J connectivity index is 2.41. The maximum absolute atomic E-state index is 11.9. The van der Waals surface area contributed by atoms with Crippen molar-refractivity contribution in [3.05, 3.63) is 64.1 Å². The first-order valence-electron chi connectivity index (χ1n) is 5.47. The number of hydrogen-bond acceptors (Lipinski definition) is 3. The highest BCUT2D eigenvalue weighted by molar-refractivity contribution is 5.34. The van der Waals surface area contributed by atoms with Gasteiger partial charge in [-0.15, -0.1) is 0 Å². The second kappa shape index (κ2) is 5.19. The average molecular weight is 240 g/mol. The van der Waals surface area contributed by atoms with Gasteiger partial charge in [-0.25, -0.2) is 0 Å². The van der Waals surface area contributed by atoms with E-state index < -0.39 is 0 Å². The number of nitrogens with zero attached hydrogens (tertiary/aromatic N) is 2. The third-order valence-electron chi connectivity index (χ3n) is 2.67. The van der Waals surface area contributed by atoms with Crippen LogP contribution in [0.3, 0.4) is 0 Å². The summed E-state index contributed by atoms with van der Waals surface area (Å²) in [6.07, 6.45) is 1.66. The van der Waals surface area contributed by atoms with Gasteiger partial charge in [0.2, 0.25) is 0 Å². The van der Waals surface area contributed by atoms with Gasteiger partial charge in [0.1, 0.15) is 17.4 Å². The fraction of sp³-hybridized carbons (Fsp3) is 0.143. The molecule has 0 saturated carbocycles. The molecule has 0 bridgehead atoms. The van der Waals surface area contributed by atoms with Crippen molar-refractivity contribution >= 4 is 0 Å². The summed E-state index contributed by atoms with van der Waals surface area (Å²) in [6.45, 7) is 0.387. The van der Waals surface area contributed by atoms with Crippen molar-refractivity contribution in [2.24, 2.45) is 0 Å². The third-order valence-corrected chi connectivity index (χ3v) is 2.67. The Morgan fingerprint density at radius 1 is 1.28 bits per heavy atom. The Morgan fingerprint density at radius 3 is 2.78 bits per heavy atom. The number of hydrogen-bond donors (Lipinski definition) is 0. The second-order valence-corrected chi connectivity index (χ2v) is 3.78. The smallest absolute Gasteiger partial charge is 0.268 e. The van der Waals surface area contributed by atoms with Gasteiger partial charge in [0.05, 0.1) is 13.7 Å². The molecule has 0 unspecified atom stereocenters. The molecule has 1 aromatic heterocycles. The molecule has 4 nitrogen and oxygen atoms in total. The van der Waals surface area contributed by atoms with Gasteiger partial charge in [0.25, 0.3) is 5.56 Å². The Bertz CT molecular complexity index is 653. The van der Waals surface area contributed by atoms with E-state index in [-0.39, 0.29) is 11.1 Å². The summed E-state index contributed by atoms with van der Waals surface area (Å²) in [7, 11) is 1.59. The summed E-state index contributed by atoms with van der Waals surface area (Å²) in [6, 6.07) is 12.6. The molecule has 0 aliphatic rings. The van der Waals surface area contributed by atoms with E-state index in [1.165, 1.54) is 10.6 Å². The van der Waals surface area contributed by atoms with E-state index in [2.05, 4.69) is 0 Å². The van der Waals surface area contributed by atoms with Crippen LogP contribution in [0.1, 0.15) is 11.1 Å². The van der Waals surface area contributed by atoms with Crippen molar-refractivity contribution in [1.82, 2.24) is 4.57 Å². The molecule has 18 heavy (non-hydrogen) atoms. The lowest BCUT2D eigenvalue weighted by molar-refractivity contribution is 0.408. The summed E-state index contributed by atoms with van der Waals surface area (Å²) >= 11 is 0. The van der Waals surface area contributed by atoms with Crippen LogP contribution in [-0.2, 0) is 6.54 Å². The zero-order chi connectivity index (χ0) is 13.0. The lowest BCUT2D eigenvalue weighted by Crippen LogP contribution is -2.22. The van der Waals surface area contributed by atoms with Gasteiger partial charge in [-0.1, -0.05) is 18.2 Å². The summed E-state index contributed by atoms with van der Waals surface area (Å²) in [5.41, 5.74) is 0.760. The molecule has 0 saturated heterocycles. The fourth-order valence-electron chi connectivity index (χ4n) is 1.76. The molecule has 2 rings (SSSR count). The maximum Gasteiger partial charge on any atom is 0.268 e. The van der Waals surface area contributed by atoms with E-state index in [0.717, 1.165) is 11.3 Å². The highest BCUT2D eigenvalue weighted by Gasteiger charge is 2.06. The lowest BCUT2D eigenvalue weighted by Gasteiger charge is -2.10. The van der Waals surface area contributed by atoms with Gasteiger partial charge in [-0.2, -0.15) is 5.26 Å². The minimum absolute atomic E-state index is 0.146. The standard InChI is InChI=1S/C14H12N2O2/c1-18-13-7-3-2-5-12(13)10-16-8-4-6-11(9-15)14(16)17/h2-8H,10H2,1H3. The number of para-hydroxylation sites is 1. The van der Waals surface area contributed by atoms with Crippen molar-refractivity contribution < 1.29 is 4.74 Å². The van der Waals surface area contributed by atoms with Gasteiger partial charge < -0.3 is 9.30 Å². The highest BCUT2D eigenvalue weighted by Crippen LogP contribution is 2.17. The molecule has 0 amide bonds. The van der Waals surface area contributed by atoms with E-state index in [4.69, 9.17) is 10.00 Å². The molecule has 0 spiro atoms. The average Bonchev–Trinajstić information content (AvgIpc) is 2.42. The third kappa shape index (κ3) is 2.25.